The summed E-state index contributed by atoms with van der Waals surface area (Å²) in [6, 6.07) is 11.8. The average molecular weight is 353 g/mol. The van der Waals surface area contributed by atoms with Crippen LogP contribution in [0.3, 0.4) is 0 Å². The van der Waals surface area contributed by atoms with Gasteiger partial charge in [0.15, 0.2) is 5.13 Å². The highest BCUT2D eigenvalue weighted by molar-refractivity contribution is 7.22. The number of nitrogens with zero attached hydrogens (tertiary/aromatic N) is 3. The van der Waals surface area contributed by atoms with Crippen molar-refractivity contribution >= 4 is 38.4 Å². The smallest absolute Gasteiger partial charge is 0.252 e. The topological polar surface area (TPSA) is 84.1 Å². The zero-order chi connectivity index (χ0) is 17.2. The molecule has 128 valence electrons. The third kappa shape index (κ3) is 3.28. The number of amides is 1. The zero-order valence-electron chi connectivity index (χ0n) is 13.7. The van der Waals surface area contributed by atoms with Crippen LogP contribution in [0.25, 0.3) is 10.2 Å². The number of pyridine rings is 1. The van der Waals surface area contributed by atoms with Crippen LogP contribution in [0, 0.1) is 0 Å². The number of aromatic nitrogens is 2. The lowest BCUT2D eigenvalue weighted by molar-refractivity contribution is 0.100. The van der Waals surface area contributed by atoms with Gasteiger partial charge in [-0.05, 0) is 37.1 Å². The number of piperidine rings is 1. The van der Waals surface area contributed by atoms with Gasteiger partial charge in [-0.1, -0.05) is 23.5 Å². The van der Waals surface area contributed by atoms with Crippen molar-refractivity contribution in [1.29, 1.82) is 0 Å². The van der Waals surface area contributed by atoms with Crippen LogP contribution < -0.4 is 16.0 Å². The summed E-state index contributed by atoms with van der Waals surface area (Å²) in [4.78, 5) is 22.9. The molecule has 1 fully saturated rings. The summed E-state index contributed by atoms with van der Waals surface area (Å²) in [5.74, 6) is 0.0978. The Morgan fingerprint density at radius 1 is 1.28 bits per heavy atom. The van der Waals surface area contributed by atoms with Gasteiger partial charge in [0.2, 0.25) is 0 Å². The minimum Gasteiger partial charge on any atom is -0.365 e. The molecule has 25 heavy (non-hydrogen) atoms. The summed E-state index contributed by atoms with van der Waals surface area (Å²) in [6.07, 6.45) is 3.76. The van der Waals surface area contributed by atoms with E-state index in [4.69, 9.17) is 10.7 Å². The third-order valence-electron chi connectivity index (χ3n) is 4.39. The molecule has 1 amide bonds. The first-order valence-corrected chi connectivity index (χ1v) is 9.14. The number of nitrogens with one attached hydrogen (secondary N) is 1. The second-order valence-electron chi connectivity index (χ2n) is 6.16. The minimum absolute atomic E-state index is 0.203. The molecule has 0 bridgehead atoms. The predicted octanol–water partition coefficient (Wildman–Crippen LogP) is 2.87. The fourth-order valence-corrected chi connectivity index (χ4v) is 4.18. The number of benzene rings is 1. The first-order valence-electron chi connectivity index (χ1n) is 8.32. The number of nitrogens with two attached hydrogens (primary N) is 1. The molecule has 1 aliphatic heterocycles. The number of hydrogen-bond acceptors (Lipinski definition) is 6. The Morgan fingerprint density at radius 3 is 3.00 bits per heavy atom. The molecule has 7 heteroatoms. The standard InChI is InChI=1S/C18H19N5OS/c19-16(24)13-6-3-9-20-17(13)21-12-5-4-10-23(11-12)18-22-14-7-1-2-8-15(14)25-18/h1-3,6-9,12H,4-5,10-11H2,(H2,19,24)(H,20,21)/t12-/m0/s1. The Bertz CT molecular complexity index is 876. The number of carbonyl (C=O) groups is 1. The number of carbonyl (C=O) groups excluding carboxylic acids is 1. The maximum atomic E-state index is 11.6. The molecule has 4 rings (SSSR count). The van der Waals surface area contributed by atoms with Crippen molar-refractivity contribution in [3.8, 4) is 0 Å². The summed E-state index contributed by atoms with van der Waals surface area (Å²) in [5.41, 5.74) is 6.91. The molecule has 0 saturated carbocycles. The first kappa shape index (κ1) is 15.8. The largest absolute Gasteiger partial charge is 0.365 e. The molecule has 2 aromatic heterocycles. The highest BCUT2D eigenvalue weighted by Crippen LogP contribution is 2.30. The molecule has 0 unspecified atom stereocenters. The van der Waals surface area contributed by atoms with E-state index in [1.54, 1.807) is 29.7 Å². The van der Waals surface area contributed by atoms with Gasteiger partial charge in [-0.3, -0.25) is 4.79 Å². The Hall–Kier alpha value is -2.67. The summed E-state index contributed by atoms with van der Waals surface area (Å²) in [5, 5.41) is 4.43. The van der Waals surface area contributed by atoms with E-state index in [0.29, 0.717) is 11.4 Å². The van der Waals surface area contributed by atoms with Crippen molar-refractivity contribution in [3.05, 3.63) is 48.2 Å². The number of para-hydroxylation sites is 1. The molecule has 0 radical (unpaired) electrons. The molecular weight excluding hydrogens is 334 g/mol. The van der Waals surface area contributed by atoms with Gasteiger partial charge in [0.1, 0.15) is 5.82 Å². The lowest BCUT2D eigenvalue weighted by Gasteiger charge is -2.33. The van der Waals surface area contributed by atoms with Gasteiger partial charge in [-0.25, -0.2) is 9.97 Å². The average Bonchev–Trinajstić information content (AvgIpc) is 3.06. The second-order valence-corrected chi connectivity index (χ2v) is 7.17. The van der Waals surface area contributed by atoms with Gasteiger partial charge in [-0.2, -0.15) is 0 Å². The van der Waals surface area contributed by atoms with Crippen molar-refractivity contribution in [3.63, 3.8) is 0 Å². The van der Waals surface area contributed by atoms with Crippen LogP contribution in [0.15, 0.2) is 42.6 Å². The number of primary amides is 1. The van der Waals surface area contributed by atoms with Crippen LogP contribution in [0.2, 0.25) is 0 Å². The normalized spacial score (nSPS) is 17.6. The first-order chi connectivity index (χ1) is 12.2. The van der Waals surface area contributed by atoms with Crippen LogP contribution in [0.4, 0.5) is 10.9 Å². The maximum Gasteiger partial charge on any atom is 0.252 e. The summed E-state index contributed by atoms with van der Waals surface area (Å²) in [6.45, 7) is 1.82. The lowest BCUT2D eigenvalue weighted by atomic mass is 10.1. The Labute approximate surface area is 149 Å². The molecule has 3 aromatic rings. The van der Waals surface area contributed by atoms with Gasteiger partial charge in [0, 0.05) is 25.3 Å². The van der Waals surface area contributed by atoms with Crippen molar-refractivity contribution in [2.75, 3.05) is 23.3 Å². The van der Waals surface area contributed by atoms with Gasteiger partial charge >= 0.3 is 0 Å². The Kier molecular flexibility index (Phi) is 4.23. The van der Waals surface area contributed by atoms with E-state index in [1.165, 1.54) is 4.70 Å². The van der Waals surface area contributed by atoms with E-state index < -0.39 is 5.91 Å². The monoisotopic (exact) mass is 353 g/mol. The number of rotatable bonds is 4. The van der Waals surface area contributed by atoms with Gasteiger partial charge < -0.3 is 16.0 Å². The number of hydrogen-bond donors (Lipinski definition) is 2. The SMILES string of the molecule is NC(=O)c1cccnc1N[C@H]1CCCN(c2nc3ccccc3s2)C1. The van der Waals surface area contributed by atoms with Crippen LogP contribution in [-0.4, -0.2) is 35.0 Å². The van der Waals surface area contributed by atoms with Crippen LogP contribution in [0.5, 0.6) is 0 Å². The van der Waals surface area contributed by atoms with Crippen molar-refractivity contribution < 1.29 is 4.79 Å². The number of thiazole rings is 1. The quantitative estimate of drug-likeness (QED) is 0.753. The molecule has 1 atom stereocenters. The fraction of sp³-hybridized carbons (Fsp3) is 0.278. The molecule has 3 N–H and O–H groups in total. The lowest BCUT2D eigenvalue weighted by Crippen LogP contribution is -2.42. The van der Waals surface area contributed by atoms with E-state index in [0.717, 1.165) is 36.6 Å². The van der Waals surface area contributed by atoms with E-state index in [-0.39, 0.29) is 6.04 Å². The van der Waals surface area contributed by atoms with Crippen molar-refractivity contribution in [1.82, 2.24) is 9.97 Å². The van der Waals surface area contributed by atoms with E-state index >= 15 is 0 Å². The maximum absolute atomic E-state index is 11.6. The van der Waals surface area contributed by atoms with Gasteiger partial charge in [-0.15, -0.1) is 0 Å². The highest BCUT2D eigenvalue weighted by atomic mass is 32.1. The Morgan fingerprint density at radius 2 is 2.16 bits per heavy atom. The zero-order valence-corrected chi connectivity index (χ0v) is 14.5. The van der Waals surface area contributed by atoms with Crippen molar-refractivity contribution in [2.45, 2.75) is 18.9 Å². The molecule has 3 heterocycles. The van der Waals surface area contributed by atoms with E-state index in [2.05, 4.69) is 21.3 Å². The summed E-state index contributed by atoms with van der Waals surface area (Å²) >= 11 is 1.72. The molecule has 1 saturated heterocycles. The molecule has 6 nitrogen and oxygen atoms in total. The van der Waals surface area contributed by atoms with Crippen LogP contribution in [0.1, 0.15) is 23.2 Å². The third-order valence-corrected chi connectivity index (χ3v) is 5.49. The van der Waals surface area contributed by atoms with Crippen LogP contribution >= 0.6 is 11.3 Å². The van der Waals surface area contributed by atoms with E-state index in [9.17, 15) is 4.79 Å². The minimum atomic E-state index is -0.463. The summed E-state index contributed by atoms with van der Waals surface area (Å²) in [7, 11) is 0. The molecule has 1 aromatic carbocycles. The highest BCUT2D eigenvalue weighted by Gasteiger charge is 2.23. The van der Waals surface area contributed by atoms with E-state index in [1.807, 2.05) is 18.2 Å². The van der Waals surface area contributed by atoms with Crippen LogP contribution in [-0.2, 0) is 0 Å². The molecule has 1 aliphatic rings. The summed E-state index contributed by atoms with van der Waals surface area (Å²) < 4.78 is 1.20. The van der Waals surface area contributed by atoms with Crippen molar-refractivity contribution in [2.24, 2.45) is 5.73 Å². The van der Waals surface area contributed by atoms with Gasteiger partial charge in [0.25, 0.3) is 5.91 Å². The predicted molar refractivity (Wildman–Crippen MR) is 101 cm³/mol. The van der Waals surface area contributed by atoms with Gasteiger partial charge in [0.05, 0.1) is 15.8 Å². The Balaban J connectivity index is 1.52. The molecule has 0 spiro atoms. The number of anilines is 2. The fourth-order valence-electron chi connectivity index (χ4n) is 3.18. The molecular formula is C18H19N5OS. The number of fused-ring (bicyclic) bond motifs is 1. The second kappa shape index (κ2) is 6.68. The molecule has 0 aliphatic carbocycles.